The third-order valence-electron chi connectivity index (χ3n) is 1.64. The Balaban J connectivity index is 2.15. The van der Waals surface area contributed by atoms with Gasteiger partial charge in [-0.05, 0) is 5.56 Å². The molecule has 0 fully saturated rings. The van der Waals surface area contributed by atoms with Crippen LogP contribution in [-0.4, -0.2) is 10.1 Å². The minimum atomic E-state index is 0.656. The van der Waals surface area contributed by atoms with Crippen LogP contribution < -0.4 is 0 Å². The van der Waals surface area contributed by atoms with E-state index in [1.165, 1.54) is 5.56 Å². The smallest absolute Gasteiger partial charge is 0.232 e. The van der Waals surface area contributed by atoms with E-state index in [4.69, 9.17) is 4.52 Å². The molecule has 0 aliphatic heterocycles. The van der Waals surface area contributed by atoms with Crippen molar-refractivity contribution in [2.75, 3.05) is 0 Å². The van der Waals surface area contributed by atoms with Gasteiger partial charge in [-0.15, -0.1) is 0 Å². The van der Waals surface area contributed by atoms with E-state index < -0.39 is 0 Å². The minimum absolute atomic E-state index is 0.656. The summed E-state index contributed by atoms with van der Waals surface area (Å²) in [4.78, 5) is 4.11. The van der Waals surface area contributed by atoms with Gasteiger partial charge in [0.25, 0.3) is 0 Å². The van der Waals surface area contributed by atoms with Crippen molar-refractivity contribution in [3.8, 4) is 0 Å². The molecule has 1 aromatic carbocycles. The van der Waals surface area contributed by atoms with E-state index in [-0.39, 0.29) is 0 Å². The van der Waals surface area contributed by atoms with Gasteiger partial charge in [0.15, 0.2) is 0 Å². The second-order valence-electron chi connectivity index (χ2n) is 2.62. The van der Waals surface area contributed by atoms with Crippen LogP contribution in [0, 0.1) is 3.83 Å². The van der Waals surface area contributed by atoms with Gasteiger partial charge in [-0.2, -0.15) is 4.98 Å². The molecule has 2 aromatic rings. The average Bonchev–Trinajstić information content (AvgIpc) is 2.53. The van der Waals surface area contributed by atoms with Gasteiger partial charge in [0.2, 0.25) is 9.72 Å². The lowest BCUT2D eigenvalue weighted by Crippen LogP contribution is -1.87. The molecule has 0 saturated carbocycles. The lowest BCUT2D eigenvalue weighted by Gasteiger charge is -1.93. The summed E-state index contributed by atoms with van der Waals surface area (Å²) >= 11 is 2.03. The van der Waals surface area contributed by atoms with Gasteiger partial charge >= 0.3 is 0 Å². The molecule has 0 N–H and O–H groups in total. The summed E-state index contributed by atoms with van der Waals surface area (Å²) in [6.07, 6.45) is 0.705. The van der Waals surface area contributed by atoms with Crippen LogP contribution in [0.25, 0.3) is 0 Å². The zero-order chi connectivity index (χ0) is 9.10. The Morgan fingerprint density at radius 3 is 2.62 bits per heavy atom. The number of aromatic nitrogens is 2. The second kappa shape index (κ2) is 3.87. The third kappa shape index (κ3) is 2.27. The Labute approximate surface area is 89.3 Å². The monoisotopic (exact) mass is 286 g/mol. The third-order valence-corrected chi connectivity index (χ3v) is 2.08. The molecule has 0 aliphatic rings. The van der Waals surface area contributed by atoms with Crippen molar-refractivity contribution in [2.45, 2.75) is 6.42 Å². The van der Waals surface area contributed by atoms with Crippen LogP contribution in [0.2, 0.25) is 0 Å². The van der Waals surface area contributed by atoms with Crippen LogP contribution in [0.5, 0.6) is 0 Å². The highest BCUT2D eigenvalue weighted by atomic mass is 127. The van der Waals surface area contributed by atoms with E-state index in [1.807, 2.05) is 52.9 Å². The molecule has 0 spiro atoms. The zero-order valence-corrected chi connectivity index (χ0v) is 8.93. The Morgan fingerprint density at radius 2 is 2.00 bits per heavy atom. The lowest BCUT2D eigenvalue weighted by atomic mass is 10.2. The van der Waals surface area contributed by atoms with Crippen molar-refractivity contribution < 1.29 is 4.52 Å². The molecule has 0 unspecified atom stereocenters. The maximum Gasteiger partial charge on any atom is 0.232 e. The summed E-state index contributed by atoms with van der Waals surface area (Å²) in [5.41, 5.74) is 1.18. The van der Waals surface area contributed by atoms with Gasteiger partial charge in [0, 0.05) is 22.6 Å². The van der Waals surface area contributed by atoms with Gasteiger partial charge < -0.3 is 4.52 Å². The van der Waals surface area contributed by atoms with Crippen LogP contribution >= 0.6 is 22.6 Å². The van der Waals surface area contributed by atoms with E-state index in [1.54, 1.807) is 0 Å². The fraction of sp³-hybridized carbons (Fsp3) is 0.111. The first-order chi connectivity index (χ1) is 6.34. The number of hydrogen-bond acceptors (Lipinski definition) is 3. The molecule has 0 bridgehead atoms. The highest BCUT2D eigenvalue weighted by molar-refractivity contribution is 14.1. The van der Waals surface area contributed by atoms with Crippen molar-refractivity contribution in [1.82, 2.24) is 10.1 Å². The molecule has 13 heavy (non-hydrogen) atoms. The van der Waals surface area contributed by atoms with Crippen LogP contribution in [0.4, 0.5) is 0 Å². The topological polar surface area (TPSA) is 38.9 Å². The van der Waals surface area contributed by atoms with Crippen molar-refractivity contribution in [3.63, 3.8) is 0 Å². The molecule has 4 heteroatoms. The highest BCUT2D eigenvalue weighted by Gasteiger charge is 2.03. The molecule has 3 nitrogen and oxygen atoms in total. The SMILES string of the molecule is Ic1noc(Cc2ccccc2)n1. The molecule has 0 atom stereocenters. The van der Waals surface area contributed by atoms with Crippen molar-refractivity contribution in [1.29, 1.82) is 0 Å². The first-order valence-electron chi connectivity index (χ1n) is 3.86. The fourth-order valence-corrected chi connectivity index (χ4v) is 1.44. The van der Waals surface area contributed by atoms with Gasteiger partial charge in [0.05, 0.1) is 6.42 Å². The largest absolute Gasteiger partial charge is 0.338 e. The van der Waals surface area contributed by atoms with E-state index in [2.05, 4.69) is 10.1 Å². The van der Waals surface area contributed by atoms with Crippen molar-refractivity contribution >= 4 is 22.6 Å². The predicted octanol–water partition coefficient (Wildman–Crippen LogP) is 2.26. The van der Waals surface area contributed by atoms with E-state index in [0.29, 0.717) is 16.1 Å². The first kappa shape index (κ1) is 8.68. The number of benzene rings is 1. The Bertz CT molecular complexity index is 386. The summed E-state index contributed by atoms with van der Waals surface area (Å²) in [6, 6.07) is 10.1. The van der Waals surface area contributed by atoms with Gasteiger partial charge in [-0.1, -0.05) is 35.5 Å². The summed E-state index contributed by atoms with van der Waals surface area (Å²) in [6.45, 7) is 0. The quantitative estimate of drug-likeness (QED) is 0.795. The lowest BCUT2D eigenvalue weighted by molar-refractivity contribution is 0.381. The Morgan fingerprint density at radius 1 is 1.23 bits per heavy atom. The molecule has 1 heterocycles. The molecule has 0 amide bonds. The molecule has 0 saturated heterocycles. The van der Waals surface area contributed by atoms with Gasteiger partial charge in [0.1, 0.15) is 0 Å². The van der Waals surface area contributed by atoms with Crippen molar-refractivity contribution in [2.24, 2.45) is 0 Å². The highest BCUT2D eigenvalue weighted by Crippen LogP contribution is 2.07. The molecule has 1 aromatic heterocycles. The van der Waals surface area contributed by atoms with Crippen LogP contribution in [0.3, 0.4) is 0 Å². The standard InChI is InChI=1S/C9H7IN2O/c10-9-11-8(13-12-9)6-7-4-2-1-3-5-7/h1-5H,6H2. The molecular weight excluding hydrogens is 279 g/mol. The van der Waals surface area contributed by atoms with Crippen molar-refractivity contribution in [3.05, 3.63) is 45.6 Å². The summed E-state index contributed by atoms with van der Waals surface area (Å²) < 4.78 is 5.66. The summed E-state index contributed by atoms with van der Waals surface area (Å²) in [5.74, 6) is 0.663. The predicted molar refractivity (Wildman–Crippen MR) is 56.3 cm³/mol. The van der Waals surface area contributed by atoms with Gasteiger partial charge in [-0.25, -0.2) is 0 Å². The molecular formula is C9H7IN2O. The number of halogens is 1. The average molecular weight is 286 g/mol. The second-order valence-corrected chi connectivity index (χ2v) is 3.58. The molecule has 66 valence electrons. The molecule has 0 aliphatic carbocycles. The maximum atomic E-state index is 5.00. The van der Waals surface area contributed by atoms with Crippen LogP contribution in [0.1, 0.15) is 11.5 Å². The van der Waals surface area contributed by atoms with E-state index >= 15 is 0 Å². The molecule has 0 radical (unpaired) electrons. The summed E-state index contributed by atoms with van der Waals surface area (Å²) in [5, 5.41) is 3.71. The zero-order valence-electron chi connectivity index (χ0n) is 6.77. The van der Waals surface area contributed by atoms with Gasteiger partial charge in [-0.3, -0.25) is 0 Å². The van der Waals surface area contributed by atoms with Crippen LogP contribution in [0.15, 0.2) is 34.9 Å². The van der Waals surface area contributed by atoms with E-state index in [0.717, 1.165) is 0 Å². The Hall–Kier alpha value is -0.910. The number of nitrogens with zero attached hydrogens (tertiary/aromatic N) is 2. The molecule has 2 rings (SSSR count). The maximum absolute atomic E-state index is 5.00. The minimum Gasteiger partial charge on any atom is -0.338 e. The first-order valence-corrected chi connectivity index (χ1v) is 4.94. The van der Waals surface area contributed by atoms with E-state index in [9.17, 15) is 0 Å². The number of rotatable bonds is 2. The fourth-order valence-electron chi connectivity index (χ4n) is 1.08. The number of hydrogen-bond donors (Lipinski definition) is 0. The summed E-state index contributed by atoms with van der Waals surface area (Å²) in [7, 11) is 0. The Kier molecular flexibility index (Phi) is 2.58. The normalized spacial score (nSPS) is 10.2. The van der Waals surface area contributed by atoms with Crippen LogP contribution in [-0.2, 0) is 6.42 Å².